The van der Waals surface area contributed by atoms with Crippen LogP contribution in [0.1, 0.15) is 13.8 Å². The number of hydrogen-bond donors (Lipinski definition) is 1. The van der Waals surface area contributed by atoms with Crippen molar-refractivity contribution in [3.05, 3.63) is 12.3 Å². The maximum atomic E-state index is 5.40. The van der Waals surface area contributed by atoms with Crippen molar-refractivity contribution in [2.24, 2.45) is 11.7 Å². The van der Waals surface area contributed by atoms with Crippen LogP contribution in [0.3, 0.4) is 0 Å². The second-order valence-electron chi connectivity index (χ2n) is 3.15. The first kappa shape index (κ1) is 10.7. The zero-order chi connectivity index (χ0) is 8.69. The van der Waals surface area contributed by atoms with Crippen LogP contribution in [-0.2, 0) is 4.43 Å². The smallest absolute Gasteiger partial charge is 0.180 e. The van der Waals surface area contributed by atoms with Crippen LogP contribution in [-0.4, -0.2) is 16.2 Å². The molecule has 0 aromatic rings. The highest BCUT2D eigenvalue weighted by Crippen LogP contribution is 2.09. The Morgan fingerprint density at radius 3 is 2.55 bits per heavy atom. The van der Waals surface area contributed by atoms with E-state index in [2.05, 4.69) is 13.8 Å². The number of rotatable bonds is 5. The van der Waals surface area contributed by atoms with Crippen LogP contribution in [0.4, 0.5) is 0 Å². The molecule has 2 N–H and O–H groups in total. The molecule has 1 unspecified atom stereocenters. The van der Waals surface area contributed by atoms with Crippen molar-refractivity contribution in [2.45, 2.75) is 25.9 Å². The Labute approximate surface area is 71.2 Å². The highest BCUT2D eigenvalue weighted by atomic mass is 28.3. The molecule has 2 nitrogen and oxygen atoms in total. The molecule has 0 rings (SSSR count). The van der Waals surface area contributed by atoms with Crippen molar-refractivity contribution in [3.8, 4) is 0 Å². The fraction of sp³-hybridized carbons (Fsp3) is 0.750. The van der Waals surface area contributed by atoms with Gasteiger partial charge in [-0.05, 0) is 24.2 Å². The van der Waals surface area contributed by atoms with Gasteiger partial charge in [0.15, 0.2) is 9.04 Å². The Morgan fingerprint density at radius 1 is 1.55 bits per heavy atom. The Balaban J connectivity index is 3.57. The first-order valence-corrected chi connectivity index (χ1v) is 6.20. The quantitative estimate of drug-likeness (QED) is 0.639. The molecule has 0 spiro atoms. The normalized spacial score (nSPS) is 14.5. The Kier molecular flexibility index (Phi) is 6.26. The molecule has 0 aromatic heterocycles. The molecule has 0 aliphatic heterocycles. The molecular weight excluding hydrogens is 154 g/mol. The average molecular weight is 173 g/mol. The van der Waals surface area contributed by atoms with Crippen LogP contribution >= 0.6 is 0 Å². The summed E-state index contributed by atoms with van der Waals surface area (Å²) >= 11 is 0. The van der Waals surface area contributed by atoms with Gasteiger partial charge in [0, 0.05) is 7.11 Å². The van der Waals surface area contributed by atoms with E-state index in [0.29, 0.717) is 0 Å². The second kappa shape index (κ2) is 6.43. The molecule has 0 aliphatic carbocycles. The average Bonchev–Trinajstić information content (AvgIpc) is 1.97. The summed E-state index contributed by atoms with van der Waals surface area (Å²) in [5.74, 6) is 0.748. The third kappa shape index (κ3) is 6.13. The van der Waals surface area contributed by atoms with Gasteiger partial charge in [-0.25, -0.2) is 0 Å². The van der Waals surface area contributed by atoms with Crippen molar-refractivity contribution < 1.29 is 4.43 Å². The van der Waals surface area contributed by atoms with E-state index >= 15 is 0 Å². The van der Waals surface area contributed by atoms with Crippen LogP contribution in [0, 0.1) is 5.92 Å². The summed E-state index contributed by atoms with van der Waals surface area (Å²) < 4.78 is 5.40. The minimum atomic E-state index is -0.955. The maximum absolute atomic E-state index is 5.40. The summed E-state index contributed by atoms with van der Waals surface area (Å²) in [5.41, 5.74) is 5.25. The van der Waals surface area contributed by atoms with E-state index in [0.717, 1.165) is 12.0 Å². The molecule has 0 amide bonds. The van der Waals surface area contributed by atoms with Gasteiger partial charge in [0.25, 0.3) is 0 Å². The van der Waals surface area contributed by atoms with Gasteiger partial charge in [0.2, 0.25) is 0 Å². The topological polar surface area (TPSA) is 35.2 Å². The SMILES string of the molecule is CO[SiH](CC=CN)CC(C)C. The first-order chi connectivity index (χ1) is 5.20. The highest BCUT2D eigenvalue weighted by molar-refractivity contribution is 6.52. The molecule has 66 valence electrons. The van der Waals surface area contributed by atoms with Gasteiger partial charge in [0.05, 0.1) is 0 Å². The Bertz CT molecular complexity index is 115. The molecule has 0 saturated heterocycles. The van der Waals surface area contributed by atoms with E-state index in [1.54, 1.807) is 6.20 Å². The second-order valence-corrected chi connectivity index (χ2v) is 5.81. The monoisotopic (exact) mass is 173 g/mol. The Morgan fingerprint density at radius 2 is 2.18 bits per heavy atom. The van der Waals surface area contributed by atoms with E-state index in [1.807, 2.05) is 13.2 Å². The molecule has 0 fully saturated rings. The van der Waals surface area contributed by atoms with Crippen LogP contribution in [0.2, 0.25) is 12.1 Å². The van der Waals surface area contributed by atoms with Gasteiger partial charge >= 0.3 is 0 Å². The van der Waals surface area contributed by atoms with E-state index in [9.17, 15) is 0 Å². The van der Waals surface area contributed by atoms with Crippen LogP contribution in [0.15, 0.2) is 12.3 Å². The van der Waals surface area contributed by atoms with Crippen LogP contribution in [0.25, 0.3) is 0 Å². The zero-order valence-corrected chi connectivity index (χ0v) is 8.86. The van der Waals surface area contributed by atoms with E-state index in [4.69, 9.17) is 10.2 Å². The maximum Gasteiger partial charge on any atom is 0.180 e. The minimum Gasteiger partial charge on any atom is -0.423 e. The number of nitrogens with two attached hydrogens (primary N) is 1. The molecule has 0 aliphatic rings. The van der Waals surface area contributed by atoms with E-state index in [1.165, 1.54) is 6.04 Å². The largest absolute Gasteiger partial charge is 0.423 e. The molecule has 0 radical (unpaired) electrons. The van der Waals surface area contributed by atoms with E-state index < -0.39 is 9.04 Å². The van der Waals surface area contributed by atoms with Gasteiger partial charge < -0.3 is 10.2 Å². The van der Waals surface area contributed by atoms with Crippen molar-refractivity contribution in [3.63, 3.8) is 0 Å². The van der Waals surface area contributed by atoms with Gasteiger partial charge in [-0.2, -0.15) is 0 Å². The summed E-state index contributed by atoms with van der Waals surface area (Å²) in [6, 6.07) is 2.30. The Hall–Kier alpha value is -0.283. The standard InChI is InChI=1S/C8H19NOSi/c1-8(2)7-11(10-3)6-4-5-9/h4-5,8,11H,6-7,9H2,1-3H3. The number of allylic oxidation sites excluding steroid dienone is 1. The molecule has 0 bridgehead atoms. The highest BCUT2D eigenvalue weighted by Gasteiger charge is 2.09. The third-order valence-electron chi connectivity index (χ3n) is 1.60. The molecule has 3 heteroatoms. The molecule has 11 heavy (non-hydrogen) atoms. The predicted molar refractivity (Wildman–Crippen MR) is 51.9 cm³/mol. The van der Waals surface area contributed by atoms with Crippen molar-refractivity contribution in [1.29, 1.82) is 0 Å². The molecule has 0 saturated carbocycles. The van der Waals surface area contributed by atoms with Crippen molar-refractivity contribution >= 4 is 9.04 Å². The molecule has 0 aromatic carbocycles. The van der Waals surface area contributed by atoms with Crippen molar-refractivity contribution in [2.75, 3.05) is 7.11 Å². The lowest BCUT2D eigenvalue weighted by Gasteiger charge is -2.12. The minimum absolute atomic E-state index is 0.748. The lowest BCUT2D eigenvalue weighted by atomic mass is 10.3. The summed E-state index contributed by atoms with van der Waals surface area (Å²) in [5, 5.41) is 0. The van der Waals surface area contributed by atoms with Gasteiger partial charge in [-0.15, -0.1) is 0 Å². The molecule has 1 atom stereocenters. The third-order valence-corrected chi connectivity index (χ3v) is 4.54. The summed E-state index contributed by atoms with van der Waals surface area (Å²) in [6.45, 7) is 4.45. The lowest BCUT2D eigenvalue weighted by Crippen LogP contribution is -2.16. The summed E-state index contributed by atoms with van der Waals surface area (Å²) in [6.07, 6.45) is 3.61. The van der Waals surface area contributed by atoms with Crippen LogP contribution in [0.5, 0.6) is 0 Å². The first-order valence-electron chi connectivity index (χ1n) is 4.10. The predicted octanol–water partition coefficient (Wildman–Crippen LogP) is 1.49. The zero-order valence-electron chi connectivity index (χ0n) is 7.71. The van der Waals surface area contributed by atoms with Crippen LogP contribution < -0.4 is 5.73 Å². The van der Waals surface area contributed by atoms with Crippen molar-refractivity contribution in [1.82, 2.24) is 0 Å². The fourth-order valence-corrected chi connectivity index (χ4v) is 3.13. The van der Waals surface area contributed by atoms with E-state index in [-0.39, 0.29) is 0 Å². The summed E-state index contributed by atoms with van der Waals surface area (Å²) in [7, 11) is 0.854. The van der Waals surface area contributed by atoms with Gasteiger partial charge in [0.1, 0.15) is 0 Å². The number of hydrogen-bond acceptors (Lipinski definition) is 2. The van der Waals surface area contributed by atoms with Gasteiger partial charge in [-0.3, -0.25) is 0 Å². The summed E-state index contributed by atoms with van der Waals surface area (Å²) in [4.78, 5) is 0. The lowest BCUT2D eigenvalue weighted by molar-refractivity contribution is 0.413. The van der Waals surface area contributed by atoms with Gasteiger partial charge in [-0.1, -0.05) is 19.9 Å². The fourth-order valence-electron chi connectivity index (χ4n) is 1.04. The molecular formula is C8H19NOSi. The molecule has 0 heterocycles.